The van der Waals surface area contributed by atoms with Gasteiger partial charge < -0.3 is 10.4 Å². The Hall–Kier alpha value is -2.69. The molecule has 4 nitrogen and oxygen atoms in total. The summed E-state index contributed by atoms with van der Waals surface area (Å²) in [5.74, 6) is -1.87. The van der Waals surface area contributed by atoms with Crippen molar-refractivity contribution in [1.82, 2.24) is 5.32 Å². The van der Waals surface area contributed by atoms with Crippen molar-refractivity contribution in [3.8, 4) is 0 Å². The molecule has 0 aromatic heterocycles. The Balaban J connectivity index is 2.01. The average molecular weight is 357 g/mol. The predicted octanol–water partition coefficient (Wildman–Crippen LogP) is 3.48. The minimum absolute atomic E-state index is 0.00697. The molecular formula is C21H24FNO3. The van der Waals surface area contributed by atoms with Crippen LogP contribution >= 0.6 is 0 Å². The summed E-state index contributed by atoms with van der Waals surface area (Å²) in [6.07, 6.45) is 0.210. The summed E-state index contributed by atoms with van der Waals surface area (Å²) >= 11 is 0. The lowest BCUT2D eigenvalue weighted by Gasteiger charge is -2.20. The Morgan fingerprint density at radius 1 is 1.00 bits per heavy atom. The number of hydrogen-bond acceptors (Lipinski definition) is 2. The lowest BCUT2D eigenvalue weighted by Crippen LogP contribution is -2.43. The van der Waals surface area contributed by atoms with Gasteiger partial charge in [0.15, 0.2) is 0 Å². The van der Waals surface area contributed by atoms with Crippen LogP contribution in [-0.2, 0) is 27.8 Å². The first-order valence-corrected chi connectivity index (χ1v) is 8.51. The van der Waals surface area contributed by atoms with E-state index in [2.05, 4.69) is 26.1 Å². The highest BCUT2D eigenvalue weighted by molar-refractivity contribution is 5.85. The van der Waals surface area contributed by atoms with Gasteiger partial charge in [-0.1, -0.05) is 57.2 Å². The molecule has 5 heteroatoms. The summed E-state index contributed by atoms with van der Waals surface area (Å²) in [5, 5.41) is 11.9. The van der Waals surface area contributed by atoms with Gasteiger partial charge in [-0.25, -0.2) is 9.18 Å². The summed E-state index contributed by atoms with van der Waals surface area (Å²) < 4.78 is 12.9. The van der Waals surface area contributed by atoms with Crippen LogP contribution in [0.4, 0.5) is 4.39 Å². The summed E-state index contributed by atoms with van der Waals surface area (Å²) in [5.41, 5.74) is 2.65. The van der Waals surface area contributed by atoms with Gasteiger partial charge in [-0.3, -0.25) is 4.79 Å². The first kappa shape index (κ1) is 19.6. The fourth-order valence-corrected chi connectivity index (χ4v) is 2.61. The van der Waals surface area contributed by atoms with Crippen LogP contribution in [0, 0.1) is 5.82 Å². The van der Waals surface area contributed by atoms with E-state index in [1.807, 2.05) is 24.3 Å². The van der Waals surface area contributed by atoms with E-state index in [9.17, 15) is 19.1 Å². The fourth-order valence-electron chi connectivity index (χ4n) is 2.61. The molecule has 2 rings (SSSR count). The first-order valence-electron chi connectivity index (χ1n) is 8.51. The summed E-state index contributed by atoms with van der Waals surface area (Å²) in [4.78, 5) is 23.6. The quantitative estimate of drug-likeness (QED) is 0.832. The molecule has 0 fully saturated rings. The van der Waals surface area contributed by atoms with Gasteiger partial charge in [0, 0.05) is 6.42 Å². The molecule has 0 spiro atoms. The second kappa shape index (κ2) is 8.13. The van der Waals surface area contributed by atoms with Crippen LogP contribution in [0.3, 0.4) is 0 Å². The van der Waals surface area contributed by atoms with E-state index in [1.165, 1.54) is 24.3 Å². The highest BCUT2D eigenvalue weighted by Crippen LogP contribution is 2.22. The maximum absolute atomic E-state index is 12.9. The van der Waals surface area contributed by atoms with Crippen LogP contribution < -0.4 is 5.32 Å². The Bertz CT molecular complexity index is 761. The van der Waals surface area contributed by atoms with E-state index in [1.54, 1.807) is 0 Å². The molecule has 26 heavy (non-hydrogen) atoms. The Morgan fingerprint density at radius 2 is 1.54 bits per heavy atom. The number of amides is 1. The molecule has 2 aromatic carbocycles. The van der Waals surface area contributed by atoms with Crippen LogP contribution in [0.25, 0.3) is 0 Å². The number of carbonyl (C=O) groups is 2. The Kier molecular flexibility index (Phi) is 6.14. The maximum Gasteiger partial charge on any atom is 0.326 e. The number of aliphatic carboxylic acids is 1. The monoisotopic (exact) mass is 357 g/mol. The molecule has 1 atom stereocenters. The number of benzene rings is 2. The topological polar surface area (TPSA) is 66.4 Å². The van der Waals surface area contributed by atoms with Gasteiger partial charge in [0.25, 0.3) is 0 Å². The fraction of sp³-hybridized carbons (Fsp3) is 0.333. The van der Waals surface area contributed by atoms with Crippen LogP contribution in [0.1, 0.15) is 37.5 Å². The van der Waals surface area contributed by atoms with Crippen molar-refractivity contribution in [3.63, 3.8) is 0 Å². The zero-order chi connectivity index (χ0) is 19.3. The van der Waals surface area contributed by atoms with Crippen LogP contribution in [0.15, 0.2) is 48.5 Å². The lowest BCUT2D eigenvalue weighted by molar-refractivity contribution is -0.141. The highest BCUT2D eigenvalue weighted by atomic mass is 19.1. The van der Waals surface area contributed by atoms with Crippen molar-refractivity contribution < 1.29 is 19.1 Å². The van der Waals surface area contributed by atoms with Gasteiger partial charge in [-0.15, -0.1) is 0 Å². The van der Waals surface area contributed by atoms with Gasteiger partial charge >= 0.3 is 5.97 Å². The minimum atomic E-state index is -1.09. The second-order valence-corrected chi connectivity index (χ2v) is 7.41. The van der Waals surface area contributed by atoms with Gasteiger partial charge in [0.1, 0.15) is 11.9 Å². The van der Waals surface area contributed by atoms with Gasteiger partial charge in [0.05, 0.1) is 6.42 Å². The lowest BCUT2D eigenvalue weighted by atomic mass is 9.86. The summed E-state index contributed by atoms with van der Waals surface area (Å²) in [6.45, 7) is 6.33. The van der Waals surface area contributed by atoms with E-state index in [0.717, 1.165) is 11.1 Å². The zero-order valence-corrected chi connectivity index (χ0v) is 15.3. The van der Waals surface area contributed by atoms with E-state index in [4.69, 9.17) is 0 Å². The van der Waals surface area contributed by atoms with Crippen molar-refractivity contribution in [1.29, 1.82) is 0 Å². The molecule has 0 aliphatic carbocycles. The number of rotatable bonds is 6. The van der Waals surface area contributed by atoms with E-state index < -0.39 is 17.9 Å². The number of carboxylic acid groups (broad SMARTS) is 1. The van der Waals surface area contributed by atoms with Crippen LogP contribution in [0.2, 0.25) is 0 Å². The van der Waals surface area contributed by atoms with E-state index in [0.29, 0.717) is 5.56 Å². The first-order chi connectivity index (χ1) is 12.1. The number of carbonyl (C=O) groups excluding carboxylic acids is 1. The van der Waals surface area contributed by atoms with E-state index >= 15 is 0 Å². The molecule has 0 saturated carbocycles. The molecule has 0 unspecified atom stereocenters. The summed E-state index contributed by atoms with van der Waals surface area (Å²) in [6, 6.07) is 12.3. The number of halogens is 1. The van der Waals surface area contributed by atoms with Crippen LogP contribution in [0.5, 0.6) is 0 Å². The molecule has 0 bridgehead atoms. The molecule has 1 amide bonds. The van der Waals surface area contributed by atoms with Crippen molar-refractivity contribution in [3.05, 3.63) is 71.0 Å². The molecule has 138 valence electrons. The van der Waals surface area contributed by atoms with Gasteiger partial charge in [-0.2, -0.15) is 0 Å². The molecule has 0 heterocycles. The Labute approximate surface area is 153 Å². The van der Waals surface area contributed by atoms with Crippen molar-refractivity contribution in [2.45, 2.75) is 45.1 Å². The largest absolute Gasteiger partial charge is 0.480 e. The smallest absolute Gasteiger partial charge is 0.326 e. The molecule has 2 N–H and O–H groups in total. The van der Waals surface area contributed by atoms with Gasteiger partial charge in [-0.05, 0) is 34.2 Å². The van der Waals surface area contributed by atoms with Crippen molar-refractivity contribution >= 4 is 11.9 Å². The third-order valence-corrected chi connectivity index (χ3v) is 4.17. The van der Waals surface area contributed by atoms with Crippen molar-refractivity contribution in [2.24, 2.45) is 0 Å². The number of nitrogens with one attached hydrogen (secondary N) is 1. The second-order valence-electron chi connectivity index (χ2n) is 7.41. The minimum Gasteiger partial charge on any atom is -0.480 e. The molecule has 2 aromatic rings. The van der Waals surface area contributed by atoms with Gasteiger partial charge in [0.2, 0.25) is 5.91 Å². The average Bonchev–Trinajstić information content (AvgIpc) is 2.56. The van der Waals surface area contributed by atoms with Crippen molar-refractivity contribution in [2.75, 3.05) is 0 Å². The number of carboxylic acids is 1. The standard InChI is InChI=1S/C21H24FNO3/c1-21(2,3)16-8-4-14(5-9-16)12-18(20(25)26)23-19(24)13-15-6-10-17(22)11-7-15/h4-11,18H,12-13H2,1-3H3,(H,23,24)(H,25,26)/t18-/m1/s1. The third-order valence-electron chi connectivity index (χ3n) is 4.17. The molecule has 0 radical (unpaired) electrons. The maximum atomic E-state index is 12.9. The summed E-state index contributed by atoms with van der Waals surface area (Å²) in [7, 11) is 0. The molecule has 0 saturated heterocycles. The SMILES string of the molecule is CC(C)(C)c1ccc(C[C@@H](NC(=O)Cc2ccc(F)cc2)C(=O)O)cc1. The van der Waals surface area contributed by atoms with Crippen LogP contribution in [-0.4, -0.2) is 23.0 Å². The predicted molar refractivity (Wildman–Crippen MR) is 98.5 cm³/mol. The Morgan fingerprint density at radius 3 is 2.04 bits per heavy atom. The zero-order valence-electron chi connectivity index (χ0n) is 15.3. The third kappa shape index (κ3) is 5.69. The van der Waals surface area contributed by atoms with E-state index in [-0.39, 0.29) is 24.1 Å². The normalized spacial score (nSPS) is 12.5. The molecule has 0 aliphatic rings. The number of hydrogen-bond donors (Lipinski definition) is 2. The molecule has 0 aliphatic heterocycles. The highest BCUT2D eigenvalue weighted by Gasteiger charge is 2.21. The molecular weight excluding hydrogens is 333 g/mol.